The molecule has 3 amide bonds. The minimum Gasteiger partial charge on any atom is -0.461 e. The van der Waals surface area contributed by atoms with E-state index >= 15 is 0 Å². The second kappa shape index (κ2) is 7.53. The maximum absolute atomic E-state index is 12.0. The van der Waals surface area contributed by atoms with Crippen molar-refractivity contribution in [1.82, 2.24) is 5.32 Å². The van der Waals surface area contributed by atoms with Crippen molar-refractivity contribution in [1.29, 1.82) is 0 Å². The van der Waals surface area contributed by atoms with Crippen molar-refractivity contribution in [2.45, 2.75) is 13.3 Å². The van der Waals surface area contributed by atoms with Gasteiger partial charge in [-0.3, -0.25) is 4.79 Å². The maximum atomic E-state index is 12.0. The summed E-state index contributed by atoms with van der Waals surface area (Å²) in [5.74, 6) is 0.668. The Balaban J connectivity index is 1.50. The van der Waals surface area contributed by atoms with E-state index in [1.165, 1.54) is 6.92 Å². The van der Waals surface area contributed by atoms with Gasteiger partial charge in [-0.15, -0.1) is 0 Å². The van der Waals surface area contributed by atoms with Crippen molar-refractivity contribution in [3.63, 3.8) is 0 Å². The van der Waals surface area contributed by atoms with Crippen molar-refractivity contribution in [3.8, 4) is 0 Å². The molecule has 2 aromatic carbocycles. The zero-order chi connectivity index (χ0) is 17.6. The van der Waals surface area contributed by atoms with Crippen LogP contribution < -0.4 is 16.0 Å². The number of hydrogen-bond donors (Lipinski definition) is 3. The lowest BCUT2D eigenvalue weighted by Gasteiger charge is -2.09. The van der Waals surface area contributed by atoms with Crippen LogP contribution >= 0.6 is 0 Å². The van der Waals surface area contributed by atoms with E-state index in [0.717, 1.165) is 16.7 Å². The summed E-state index contributed by atoms with van der Waals surface area (Å²) in [6.07, 6.45) is 0.605. The lowest BCUT2D eigenvalue weighted by atomic mass is 10.2. The highest BCUT2D eigenvalue weighted by molar-refractivity contribution is 5.92. The summed E-state index contributed by atoms with van der Waals surface area (Å²) in [6.45, 7) is 1.89. The van der Waals surface area contributed by atoms with Crippen molar-refractivity contribution < 1.29 is 14.0 Å². The molecular weight excluding hydrogens is 318 g/mol. The minimum atomic E-state index is -0.309. The van der Waals surface area contributed by atoms with Crippen LogP contribution in [-0.4, -0.2) is 18.5 Å². The number of fused-ring (bicyclic) bond motifs is 1. The first-order valence-electron chi connectivity index (χ1n) is 8.00. The van der Waals surface area contributed by atoms with Crippen molar-refractivity contribution >= 4 is 34.3 Å². The molecule has 0 saturated carbocycles. The standard InChI is InChI=1S/C19H19N3O3/c1-13(23)21-15-6-4-7-16(12-15)22-19(24)20-10-9-17-11-14-5-2-3-8-18(14)25-17/h2-8,11-12H,9-10H2,1H3,(H,21,23)(H2,20,22,24). The van der Waals surface area contributed by atoms with Gasteiger partial charge in [0.2, 0.25) is 5.91 Å². The molecule has 0 saturated heterocycles. The van der Waals surface area contributed by atoms with Gasteiger partial charge in [-0.25, -0.2) is 4.79 Å². The molecular formula is C19H19N3O3. The third-order valence-corrected chi connectivity index (χ3v) is 3.57. The Kier molecular flexibility index (Phi) is 4.99. The first-order valence-corrected chi connectivity index (χ1v) is 8.00. The first kappa shape index (κ1) is 16.6. The second-order valence-corrected chi connectivity index (χ2v) is 5.64. The number of nitrogens with one attached hydrogen (secondary N) is 3. The molecule has 6 nitrogen and oxygen atoms in total. The molecule has 6 heteroatoms. The van der Waals surface area contributed by atoms with Crippen LogP contribution in [0.15, 0.2) is 59.0 Å². The van der Waals surface area contributed by atoms with Gasteiger partial charge in [0.1, 0.15) is 11.3 Å². The number of carbonyl (C=O) groups excluding carboxylic acids is 2. The fourth-order valence-electron chi connectivity index (χ4n) is 2.51. The van der Waals surface area contributed by atoms with Crippen LogP contribution in [0.1, 0.15) is 12.7 Å². The second-order valence-electron chi connectivity index (χ2n) is 5.64. The van der Waals surface area contributed by atoms with Gasteiger partial charge >= 0.3 is 6.03 Å². The number of para-hydroxylation sites is 1. The Bertz CT molecular complexity index is 869. The number of benzene rings is 2. The zero-order valence-electron chi connectivity index (χ0n) is 13.8. The lowest BCUT2D eigenvalue weighted by Crippen LogP contribution is -2.30. The van der Waals surface area contributed by atoms with Crippen molar-refractivity contribution in [2.24, 2.45) is 0 Å². The molecule has 1 heterocycles. The third-order valence-electron chi connectivity index (χ3n) is 3.57. The van der Waals surface area contributed by atoms with Gasteiger partial charge in [0, 0.05) is 36.7 Å². The predicted octanol–water partition coefficient (Wildman–Crippen LogP) is 3.76. The van der Waals surface area contributed by atoms with Gasteiger partial charge in [-0.05, 0) is 30.3 Å². The van der Waals surface area contributed by atoms with Crippen LogP contribution in [0.25, 0.3) is 11.0 Å². The summed E-state index contributed by atoms with van der Waals surface area (Å²) >= 11 is 0. The molecule has 128 valence electrons. The number of anilines is 2. The topological polar surface area (TPSA) is 83.4 Å². The zero-order valence-corrected chi connectivity index (χ0v) is 13.8. The molecule has 0 atom stereocenters. The third kappa shape index (κ3) is 4.60. The Hall–Kier alpha value is -3.28. The SMILES string of the molecule is CC(=O)Nc1cccc(NC(=O)NCCc2cc3ccccc3o2)c1. The van der Waals surface area contributed by atoms with E-state index in [-0.39, 0.29) is 11.9 Å². The van der Waals surface area contributed by atoms with Gasteiger partial charge in [0.15, 0.2) is 0 Å². The van der Waals surface area contributed by atoms with Crippen LogP contribution in [-0.2, 0) is 11.2 Å². The Labute approximate surface area is 145 Å². The molecule has 3 N–H and O–H groups in total. The quantitative estimate of drug-likeness (QED) is 0.663. The van der Waals surface area contributed by atoms with E-state index in [1.54, 1.807) is 24.3 Å². The minimum absolute atomic E-state index is 0.160. The summed E-state index contributed by atoms with van der Waals surface area (Å²) < 4.78 is 5.71. The summed E-state index contributed by atoms with van der Waals surface area (Å²) in [5, 5.41) is 9.25. The summed E-state index contributed by atoms with van der Waals surface area (Å²) in [5.41, 5.74) is 2.08. The molecule has 25 heavy (non-hydrogen) atoms. The van der Waals surface area contributed by atoms with Crippen LogP contribution in [0.5, 0.6) is 0 Å². The lowest BCUT2D eigenvalue weighted by molar-refractivity contribution is -0.114. The summed E-state index contributed by atoms with van der Waals surface area (Å²) in [4.78, 5) is 23.0. The van der Waals surface area contributed by atoms with E-state index in [4.69, 9.17) is 4.42 Å². The Morgan fingerprint density at radius 1 is 0.960 bits per heavy atom. The molecule has 0 spiro atoms. The Morgan fingerprint density at radius 3 is 2.48 bits per heavy atom. The highest BCUT2D eigenvalue weighted by Crippen LogP contribution is 2.19. The number of hydrogen-bond acceptors (Lipinski definition) is 3. The van der Waals surface area contributed by atoms with Crippen LogP contribution in [0.2, 0.25) is 0 Å². The maximum Gasteiger partial charge on any atom is 0.319 e. The normalized spacial score (nSPS) is 10.4. The highest BCUT2D eigenvalue weighted by atomic mass is 16.3. The monoisotopic (exact) mass is 337 g/mol. The van der Waals surface area contributed by atoms with E-state index < -0.39 is 0 Å². The van der Waals surface area contributed by atoms with Crippen molar-refractivity contribution in [3.05, 3.63) is 60.4 Å². The van der Waals surface area contributed by atoms with Crippen LogP contribution in [0, 0.1) is 0 Å². The van der Waals surface area contributed by atoms with E-state index in [1.807, 2.05) is 30.3 Å². The predicted molar refractivity (Wildman–Crippen MR) is 97.7 cm³/mol. The summed E-state index contributed by atoms with van der Waals surface area (Å²) in [6, 6.07) is 16.4. The molecule has 0 bridgehead atoms. The molecule has 3 aromatic rings. The number of rotatable bonds is 5. The molecule has 0 aliphatic heterocycles. The number of amides is 3. The smallest absolute Gasteiger partial charge is 0.319 e. The fourth-order valence-corrected chi connectivity index (χ4v) is 2.51. The highest BCUT2D eigenvalue weighted by Gasteiger charge is 2.05. The average molecular weight is 337 g/mol. The van der Waals surface area contributed by atoms with E-state index in [9.17, 15) is 9.59 Å². The first-order chi connectivity index (χ1) is 12.1. The van der Waals surface area contributed by atoms with Crippen LogP contribution in [0.3, 0.4) is 0 Å². The average Bonchev–Trinajstić information content (AvgIpc) is 2.97. The molecule has 0 unspecified atom stereocenters. The molecule has 0 aliphatic rings. The largest absolute Gasteiger partial charge is 0.461 e. The number of carbonyl (C=O) groups is 2. The van der Waals surface area contributed by atoms with Gasteiger partial charge in [-0.2, -0.15) is 0 Å². The Morgan fingerprint density at radius 2 is 1.72 bits per heavy atom. The number of urea groups is 1. The summed E-state index contributed by atoms with van der Waals surface area (Å²) in [7, 11) is 0. The van der Waals surface area contributed by atoms with Crippen LogP contribution in [0.4, 0.5) is 16.2 Å². The molecule has 1 aromatic heterocycles. The molecule has 0 radical (unpaired) electrons. The molecule has 3 rings (SSSR count). The van der Waals surface area contributed by atoms with Gasteiger partial charge < -0.3 is 20.4 Å². The number of furan rings is 1. The van der Waals surface area contributed by atoms with Crippen molar-refractivity contribution in [2.75, 3.05) is 17.2 Å². The molecule has 0 aliphatic carbocycles. The molecule has 0 fully saturated rings. The van der Waals surface area contributed by atoms with Gasteiger partial charge in [-0.1, -0.05) is 24.3 Å². The van der Waals surface area contributed by atoms with E-state index in [0.29, 0.717) is 24.3 Å². The van der Waals surface area contributed by atoms with E-state index in [2.05, 4.69) is 16.0 Å². The fraction of sp³-hybridized carbons (Fsp3) is 0.158. The van der Waals surface area contributed by atoms with Gasteiger partial charge in [0.25, 0.3) is 0 Å². The van der Waals surface area contributed by atoms with Gasteiger partial charge in [0.05, 0.1) is 0 Å².